The van der Waals surface area contributed by atoms with Crippen LogP contribution in [0.25, 0.3) is 0 Å². The average molecular weight is 324 g/mol. The zero-order chi connectivity index (χ0) is 16.4. The second-order valence-electron chi connectivity index (χ2n) is 5.94. The molecule has 22 heavy (non-hydrogen) atoms. The molecule has 1 aromatic rings. The lowest BCUT2D eigenvalue weighted by molar-refractivity contribution is -0.130. The van der Waals surface area contributed by atoms with Crippen LogP contribution in [0.2, 0.25) is 0 Å². The highest BCUT2D eigenvalue weighted by Gasteiger charge is 2.43. The maximum atomic E-state index is 12.1. The third-order valence-electron chi connectivity index (χ3n) is 3.51. The lowest BCUT2D eigenvalue weighted by Gasteiger charge is -2.15. The molecule has 0 bridgehead atoms. The van der Waals surface area contributed by atoms with Crippen molar-refractivity contribution in [3.05, 3.63) is 35.9 Å². The summed E-state index contributed by atoms with van der Waals surface area (Å²) in [7, 11) is -3.26. The van der Waals surface area contributed by atoms with Crippen molar-refractivity contribution >= 4 is 21.8 Å². The Morgan fingerprint density at radius 1 is 1.14 bits per heavy atom. The van der Waals surface area contributed by atoms with Crippen LogP contribution >= 0.6 is 0 Å². The van der Waals surface area contributed by atoms with E-state index in [1.807, 2.05) is 6.07 Å². The highest BCUT2D eigenvalue weighted by atomic mass is 32.2. The fourth-order valence-electron chi connectivity index (χ4n) is 2.36. The normalized spacial score (nSPS) is 17.6. The molecule has 0 spiro atoms. The molecule has 1 aromatic carbocycles. The Balaban J connectivity index is 1.88. The summed E-state index contributed by atoms with van der Waals surface area (Å²) in [4.78, 5) is 24.7. The van der Waals surface area contributed by atoms with Crippen LogP contribution in [0.15, 0.2) is 30.3 Å². The predicted octanol–water partition coefficient (Wildman–Crippen LogP) is 1.32. The summed E-state index contributed by atoms with van der Waals surface area (Å²) in [5.41, 5.74) is -0.182. The quantitative estimate of drug-likeness (QED) is 0.800. The minimum atomic E-state index is -3.26. The first-order chi connectivity index (χ1) is 10.2. The number of hydrogen-bond donors (Lipinski definition) is 1. The smallest absolute Gasteiger partial charge is 0.324 e. The van der Waals surface area contributed by atoms with Gasteiger partial charge >= 0.3 is 6.03 Å². The molecule has 0 unspecified atom stereocenters. The van der Waals surface area contributed by atoms with E-state index >= 15 is 0 Å². The molecule has 0 aromatic heterocycles. The molecule has 7 heteroatoms. The van der Waals surface area contributed by atoms with E-state index in [1.165, 1.54) is 0 Å². The fraction of sp³-hybridized carbons (Fsp3) is 0.467. The minimum absolute atomic E-state index is 0.0283. The molecular formula is C15H20N2O4S. The summed E-state index contributed by atoms with van der Waals surface area (Å²) in [5, 5.41) is 2.57. The van der Waals surface area contributed by atoms with Crippen molar-refractivity contribution in [2.45, 2.75) is 31.6 Å². The molecule has 1 aliphatic rings. The van der Waals surface area contributed by atoms with Gasteiger partial charge in [-0.3, -0.25) is 9.69 Å². The topological polar surface area (TPSA) is 83.6 Å². The number of urea groups is 1. The summed E-state index contributed by atoms with van der Waals surface area (Å²) in [6.07, 6.45) is 0.240. The van der Waals surface area contributed by atoms with Gasteiger partial charge in [-0.1, -0.05) is 30.3 Å². The summed E-state index contributed by atoms with van der Waals surface area (Å²) in [6, 6.07) is 8.47. The predicted molar refractivity (Wildman–Crippen MR) is 82.9 cm³/mol. The SMILES string of the molecule is CC1(C)NC(=O)N(CCCS(=O)(=O)Cc2ccccc2)C1=O. The van der Waals surface area contributed by atoms with Crippen LogP contribution in [0.3, 0.4) is 0 Å². The van der Waals surface area contributed by atoms with Crippen LogP contribution in [0.5, 0.6) is 0 Å². The summed E-state index contributed by atoms with van der Waals surface area (Å²) in [6.45, 7) is 3.36. The molecule has 1 saturated heterocycles. The zero-order valence-corrected chi connectivity index (χ0v) is 13.5. The highest BCUT2D eigenvalue weighted by Crippen LogP contribution is 2.17. The van der Waals surface area contributed by atoms with Crippen molar-refractivity contribution in [2.75, 3.05) is 12.3 Å². The van der Waals surface area contributed by atoms with E-state index in [-0.39, 0.29) is 30.4 Å². The summed E-state index contributed by atoms with van der Waals surface area (Å²) >= 11 is 0. The standard InChI is InChI=1S/C15H20N2O4S/c1-15(2)13(18)17(14(19)16-15)9-6-10-22(20,21)11-12-7-4-3-5-8-12/h3-5,7-8H,6,9-11H2,1-2H3,(H,16,19). The first-order valence-electron chi connectivity index (χ1n) is 7.10. The molecule has 0 atom stereocenters. The van der Waals surface area contributed by atoms with Crippen molar-refractivity contribution in [2.24, 2.45) is 0 Å². The molecule has 120 valence electrons. The highest BCUT2D eigenvalue weighted by molar-refractivity contribution is 7.90. The summed E-state index contributed by atoms with van der Waals surface area (Å²) in [5.74, 6) is -0.406. The second kappa shape index (κ2) is 6.08. The largest absolute Gasteiger partial charge is 0.325 e. The monoisotopic (exact) mass is 324 g/mol. The molecule has 2 rings (SSSR count). The van der Waals surface area contributed by atoms with E-state index in [9.17, 15) is 18.0 Å². The Kier molecular flexibility index (Phi) is 4.55. The van der Waals surface area contributed by atoms with Crippen LogP contribution < -0.4 is 5.32 Å². The Hall–Kier alpha value is -1.89. The number of nitrogens with zero attached hydrogens (tertiary/aromatic N) is 1. The first-order valence-corrected chi connectivity index (χ1v) is 8.92. The Morgan fingerprint density at radius 2 is 1.77 bits per heavy atom. The van der Waals surface area contributed by atoms with Gasteiger partial charge in [0.1, 0.15) is 5.54 Å². The molecule has 1 heterocycles. The Bertz CT molecular complexity index is 668. The number of rotatable bonds is 6. The van der Waals surface area contributed by atoms with Gasteiger partial charge in [0.25, 0.3) is 5.91 Å². The van der Waals surface area contributed by atoms with Crippen LogP contribution in [0.4, 0.5) is 4.79 Å². The number of nitrogens with one attached hydrogen (secondary N) is 1. The third-order valence-corrected chi connectivity index (χ3v) is 5.19. The van der Waals surface area contributed by atoms with E-state index < -0.39 is 21.4 Å². The van der Waals surface area contributed by atoms with Crippen LogP contribution in [0.1, 0.15) is 25.8 Å². The number of carbonyl (C=O) groups excluding carboxylic acids is 2. The molecule has 0 aliphatic carbocycles. The molecule has 0 saturated carbocycles. The van der Waals surface area contributed by atoms with Crippen LogP contribution in [-0.4, -0.2) is 43.1 Å². The van der Waals surface area contributed by atoms with Crippen LogP contribution in [-0.2, 0) is 20.4 Å². The van der Waals surface area contributed by atoms with E-state index in [4.69, 9.17) is 0 Å². The van der Waals surface area contributed by atoms with E-state index in [0.717, 1.165) is 10.5 Å². The van der Waals surface area contributed by atoms with Gasteiger partial charge in [-0.25, -0.2) is 13.2 Å². The molecule has 1 N–H and O–H groups in total. The van der Waals surface area contributed by atoms with Crippen LogP contribution in [0, 0.1) is 0 Å². The van der Waals surface area contributed by atoms with Gasteiger partial charge in [-0.2, -0.15) is 0 Å². The molecule has 0 radical (unpaired) electrons. The lowest BCUT2D eigenvalue weighted by atomic mass is 10.1. The molecule has 1 aliphatic heterocycles. The number of benzene rings is 1. The number of hydrogen-bond acceptors (Lipinski definition) is 4. The van der Waals surface area contributed by atoms with Crippen molar-refractivity contribution in [1.82, 2.24) is 10.2 Å². The number of sulfone groups is 1. The third kappa shape index (κ3) is 3.85. The van der Waals surface area contributed by atoms with Gasteiger partial charge in [0.05, 0.1) is 11.5 Å². The van der Waals surface area contributed by atoms with E-state index in [0.29, 0.717) is 0 Å². The number of amides is 3. The zero-order valence-electron chi connectivity index (χ0n) is 12.7. The van der Waals surface area contributed by atoms with Gasteiger partial charge < -0.3 is 5.32 Å². The fourth-order valence-corrected chi connectivity index (χ4v) is 3.78. The van der Waals surface area contributed by atoms with Gasteiger partial charge in [-0.05, 0) is 25.8 Å². The second-order valence-corrected chi connectivity index (χ2v) is 8.13. The molecule has 6 nitrogen and oxygen atoms in total. The van der Waals surface area contributed by atoms with Crippen molar-refractivity contribution < 1.29 is 18.0 Å². The van der Waals surface area contributed by atoms with E-state index in [1.54, 1.807) is 38.1 Å². The number of imide groups is 1. The maximum absolute atomic E-state index is 12.1. The van der Waals surface area contributed by atoms with Crippen molar-refractivity contribution in [3.63, 3.8) is 0 Å². The van der Waals surface area contributed by atoms with Gasteiger partial charge in [-0.15, -0.1) is 0 Å². The molecule has 1 fully saturated rings. The van der Waals surface area contributed by atoms with Crippen molar-refractivity contribution in [1.29, 1.82) is 0 Å². The summed E-state index contributed by atoms with van der Waals surface area (Å²) < 4.78 is 24.1. The maximum Gasteiger partial charge on any atom is 0.325 e. The Morgan fingerprint density at radius 3 is 2.32 bits per heavy atom. The lowest BCUT2D eigenvalue weighted by Crippen LogP contribution is -2.40. The van der Waals surface area contributed by atoms with Gasteiger partial charge in [0.2, 0.25) is 0 Å². The van der Waals surface area contributed by atoms with E-state index in [2.05, 4.69) is 5.32 Å². The first kappa shape index (κ1) is 16.5. The molecular weight excluding hydrogens is 304 g/mol. The van der Waals surface area contributed by atoms with Crippen molar-refractivity contribution in [3.8, 4) is 0 Å². The van der Waals surface area contributed by atoms with Gasteiger partial charge in [0, 0.05) is 6.54 Å². The van der Waals surface area contributed by atoms with Gasteiger partial charge in [0.15, 0.2) is 9.84 Å². The molecule has 3 amide bonds. The average Bonchev–Trinajstić information content (AvgIpc) is 2.61. The number of carbonyl (C=O) groups is 2. The minimum Gasteiger partial charge on any atom is -0.324 e. The Labute approximate surface area is 130 Å².